The Morgan fingerprint density at radius 3 is 2.09 bits per heavy atom. The number of phosphoric ester groups is 1. The van der Waals surface area contributed by atoms with Gasteiger partial charge >= 0.3 is 7.82 Å². The second kappa shape index (κ2) is 24.3. The van der Waals surface area contributed by atoms with Gasteiger partial charge in [-0.1, -0.05) is 63.4 Å². The highest BCUT2D eigenvalue weighted by molar-refractivity contribution is 7.46. The van der Waals surface area contributed by atoms with Gasteiger partial charge in [-0.2, -0.15) is 0 Å². The van der Waals surface area contributed by atoms with E-state index in [2.05, 4.69) is 48.2 Å². The summed E-state index contributed by atoms with van der Waals surface area (Å²) in [5.74, 6) is -4.91. The van der Waals surface area contributed by atoms with Gasteiger partial charge in [-0.3, -0.25) is 38.3 Å². The Balaban J connectivity index is 2.06. The van der Waals surface area contributed by atoms with Gasteiger partial charge in [0.05, 0.1) is 31.6 Å². The first kappa shape index (κ1) is 47.7. The number of aliphatic hydroxyl groups excluding tert-OH is 1. The van der Waals surface area contributed by atoms with Crippen LogP contribution in [0.3, 0.4) is 0 Å². The first-order valence-corrected chi connectivity index (χ1v) is 20.3. The van der Waals surface area contributed by atoms with Gasteiger partial charge in [0.1, 0.15) is 24.2 Å². The number of aryl methyl sites for hydroxylation is 1. The summed E-state index contributed by atoms with van der Waals surface area (Å²) in [6.45, 7) is 5.59. The molecular weight excluding hydrogens is 751 g/mol. The third-order valence-electron chi connectivity index (χ3n) is 8.94. The summed E-state index contributed by atoms with van der Waals surface area (Å²) in [7, 11) is -5.09. The minimum Gasteiger partial charge on any atom is -0.394 e. The first-order valence-electron chi connectivity index (χ1n) is 18.8. The van der Waals surface area contributed by atoms with Crippen LogP contribution in [0.15, 0.2) is 35.3 Å². The van der Waals surface area contributed by atoms with E-state index in [0.717, 1.165) is 39.0 Å². The van der Waals surface area contributed by atoms with Gasteiger partial charge in [0.2, 0.25) is 35.4 Å². The molecule has 6 amide bonds. The lowest BCUT2D eigenvalue weighted by Crippen LogP contribution is -2.60. The monoisotopic (exact) mass is 810 g/mol. The fourth-order valence-electron chi connectivity index (χ4n) is 6.01. The zero-order chi connectivity index (χ0) is 41.8. The van der Waals surface area contributed by atoms with Gasteiger partial charge in [-0.05, 0) is 44.1 Å². The molecule has 0 saturated carbocycles. The van der Waals surface area contributed by atoms with Crippen LogP contribution in [0, 0.1) is 5.92 Å². The maximum absolute atomic E-state index is 13.7. The number of benzene rings is 1. The fourth-order valence-corrected chi connectivity index (χ4v) is 6.56. The van der Waals surface area contributed by atoms with Crippen molar-refractivity contribution in [3.05, 3.63) is 35.9 Å². The SMILES string of the molecule is CC(=O)N(CCCCCCCc1ccccc1)CC(=O)N[C@@H](CC(C)C)C(=O)N[C@@H](CC1CNC=N1)C(=O)N[C@@H](CO)C(=O)N[C@H](C(N)=O)[C@@H](C)OP(=O)(O)O. The number of carbonyl (C=O) groups is 6. The minimum atomic E-state index is -5.09. The maximum atomic E-state index is 13.7. The van der Waals surface area contributed by atoms with Crippen molar-refractivity contribution in [3.8, 4) is 0 Å². The standard InChI is InChI=1S/C36H59N8O11P/c1-23(2)17-28(40-31(47)20-44(25(4)46)16-12-7-5-6-9-13-26-14-10-8-11-15-26)34(49)41-29(18-27-19-38-22-39-27)35(50)42-30(21-45)36(51)43-32(33(37)48)24(3)55-56(52,53)54/h8,10-11,14-15,22-24,27-30,32,45H,5-7,9,12-13,16-21H2,1-4H3,(H2,37,48)(H,38,39)(H,40,47)(H,41,49)(H,42,50)(H,43,51)(H2,52,53,54)/t24-,27?,28+,29+,30+,32+/m1/s1. The number of amides is 6. The quantitative estimate of drug-likeness (QED) is 0.0418. The Labute approximate surface area is 327 Å². The molecule has 0 radical (unpaired) electrons. The number of carbonyl (C=O) groups excluding carboxylic acids is 6. The fraction of sp³-hybridized carbons (Fsp3) is 0.639. The molecule has 0 fully saturated rings. The predicted molar refractivity (Wildman–Crippen MR) is 206 cm³/mol. The summed E-state index contributed by atoms with van der Waals surface area (Å²) in [6.07, 6.45) is 5.67. The number of rotatable bonds is 26. The molecule has 0 spiro atoms. The number of aliphatic hydroxyl groups is 1. The third kappa shape index (κ3) is 18.5. The highest BCUT2D eigenvalue weighted by atomic mass is 31.2. The molecule has 2 rings (SSSR count). The molecule has 1 heterocycles. The van der Waals surface area contributed by atoms with E-state index in [1.54, 1.807) is 0 Å². The van der Waals surface area contributed by atoms with E-state index >= 15 is 0 Å². The molecule has 19 nitrogen and oxygen atoms in total. The molecule has 314 valence electrons. The summed E-state index contributed by atoms with van der Waals surface area (Å²) in [5, 5.41) is 22.6. The molecular formula is C36H59N8O11P. The molecule has 1 unspecified atom stereocenters. The average Bonchev–Trinajstić information content (AvgIpc) is 3.63. The Kier molecular flexibility index (Phi) is 20.7. The van der Waals surface area contributed by atoms with Crippen LogP contribution in [-0.2, 0) is 44.3 Å². The van der Waals surface area contributed by atoms with Gasteiger partial charge in [-0.15, -0.1) is 0 Å². The number of nitrogens with two attached hydrogens (primary N) is 1. The van der Waals surface area contributed by atoms with Crippen LogP contribution in [-0.4, -0.2) is 124 Å². The zero-order valence-corrected chi connectivity index (χ0v) is 33.4. The van der Waals surface area contributed by atoms with E-state index in [1.807, 2.05) is 32.0 Å². The summed E-state index contributed by atoms with van der Waals surface area (Å²) >= 11 is 0. The first-order chi connectivity index (χ1) is 26.4. The average molecular weight is 811 g/mol. The molecule has 1 aliphatic rings. The second-order valence-corrected chi connectivity index (χ2v) is 15.5. The van der Waals surface area contributed by atoms with Crippen molar-refractivity contribution in [2.24, 2.45) is 16.6 Å². The van der Waals surface area contributed by atoms with Crippen LogP contribution in [0.2, 0.25) is 0 Å². The smallest absolute Gasteiger partial charge is 0.394 e. The number of nitrogens with zero attached hydrogens (tertiary/aromatic N) is 2. The van der Waals surface area contributed by atoms with E-state index in [4.69, 9.17) is 15.5 Å². The predicted octanol–water partition coefficient (Wildman–Crippen LogP) is -0.621. The lowest BCUT2D eigenvalue weighted by Gasteiger charge is -2.28. The lowest BCUT2D eigenvalue weighted by atomic mass is 10.0. The normalized spacial score (nSPS) is 16.5. The van der Waals surface area contributed by atoms with E-state index in [0.29, 0.717) is 19.5 Å². The topological polar surface area (TPSA) is 291 Å². The Bertz CT molecular complexity index is 1530. The molecule has 0 aliphatic carbocycles. The van der Waals surface area contributed by atoms with Crippen molar-refractivity contribution in [3.63, 3.8) is 0 Å². The summed E-state index contributed by atoms with van der Waals surface area (Å²) in [6, 6.07) is 3.88. The number of hydrogen-bond acceptors (Lipinski definition) is 11. The van der Waals surface area contributed by atoms with Crippen molar-refractivity contribution in [2.75, 3.05) is 26.2 Å². The highest BCUT2D eigenvalue weighted by Gasteiger charge is 2.35. The van der Waals surface area contributed by atoms with Crippen molar-refractivity contribution < 1.29 is 52.7 Å². The van der Waals surface area contributed by atoms with Crippen LogP contribution in [0.4, 0.5) is 0 Å². The Morgan fingerprint density at radius 2 is 1.52 bits per heavy atom. The molecule has 1 aromatic carbocycles. The third-order valence-corrected chi connectivity index (χ3v) is 9.55. The van der Waals surface area contributed by atoms with Crippen LogP contribution >= 0.6 is 7.82 Å². The van der Waals surface area contributed by atoms with Crippen molar-refractivity contribution >= 4 is 49.6 Å². The molecule has 10 N–H and O–H groups in total. The number of aliphatic imine (C=N–C) groups is 1. The van der Waals surface area contributed by atoms with Gasteiger partial charge in [0, 0.05) is 26.4 Å². The van der Waals surface area contributed by atoms with Gasteiger partial charge < -0.3 is 52.1 Å². The molecule has 0 bridgehead atoms. The molecule has 1 aliphatic heterocycles. The second-order valence-electron chi connectivity index (χ2n) is 14.3. The van der Waals surface area contributed by atoms with Crippen LogP contribution in [0.25, 0.3) is 0 Å². The largest absolute Gasteiger partial charge is 0.469 e. The summed E-state index contributed by atoms with van der Waals surface area (Å²) < 4.78 is 15.7. The lowest BCUT2D eigenvalue weighted by molar-refractivity contribution is -0.137. The summed E-state index contributed by atoms with van der Waals surface area (Å²) in [5.41, 5.74) is 6.58. The van der Waals surface area contributed by atoms with Crippen LogP contribution < -0.4 is 32.3 Å². The van der Waals surface area contributed by atoms with Crippen molar-refractivity contribution in [1.82, 2.24) is 31.5 Å². The number of phosphoric acid groups is 1. The van der Waals surface area contributed by atoms with E-state index in [9.17, 15) is 38.4 Å². The number of unbranched alkanes of at least 4 members (excludes halogenated alkanes) is 4. The van der Waals surface area contributed by atoms with E-state index < -0.39 is 80.3 Å². The summed E-state index contributed by atoms with van der Waals surface area (Å²) in [4.78, 5) is 102. The number of nitrogens with one attached hydrogen (secondary N) is 5. The van der Waals surface area contributed by atoms with Crippen molar-refractivity contribution in [2.45, 2.75) is 115 Å². The molecule has 0 aromatic heterocycles. The molecule has 56 heavy (non-hydrogen) atoms. The van der Waals surface area contributed by atoms with Gasteiger partial charge in [0.25, 0.3) is 0 Å². The van der Waals surface area contributed by atoms with Gasteiger partial charge in [-0.25, -0.2) is 4.57 Å². The Hall–Kier alpha value is -4.42. The van der Waals surface area contributed by atoms with E-state index in [-0.39, 0.29) is 31.2 Å². The molecule has 1 aromatic rings. The van der Waals surface area contributed by atoms with Crippen LogP contribution in [0.1, 0.15) is 78.2 Å². The number of primary amides is 1. The van der Waals surface area contributed by atoms with Crippen molar-refractivity contribution in [1.29, 1.82) is 0 Å². The van der Waals surface area contributed by atoms with E-state index in [1.165, 1.54) is 23.7 Å². The highest BCUT2D eigenvalue weighted by Crippen LogP contribution is 2.38. The molecule has 20 heteroatoms. The zero-order valence-electron chi connectivity index (χ0n) is 32.5. The van der Waals surface area contributed by atoms with Crippen LogP contribution in [0.5, 0.6) is 0 Å². The molecule has 6 atom stereocenters. The Morgan fingerprint density at radius 1 is 0.911 bits per heavy atom. The van der Waals surface area contributed by atoms with Gasteiger partial charge in [0.15, 0.2) is 0 Å². The minimum absolute atomic E-state index is 0.0510. The molecule has 0 saturated heterocycles. The maximum Gasteiger partial charge on any atom is 0.469 e. The number of hydrogen-bond donors (Lipinski definition) is 9.